The van der Waals surface area contributed by atoms with Crippen molar-refractivity contribution in [2.45, 2.75) is 19.3 Å². The molecule has 1 N–H and O–H groups in total. The van der Waals surface area contributed by atoms with E-state index in [1.54, 1.807) is 0 Å². The van der Waals surface area contributed by atoms with Crippen molar-refractivity contribution in [1.82, 2.24) is 0 Å². The fourth-order valence-corrected chi connectivity index (χ4v) is 1.79. The molecule has 1 rings (SSSR count). The zero-order chi connectivity index (χ0) is 10.8. The molecule has 1 atom stereocenters. The number of carbonyl (C=O) groups is 2. The first kappa shape index (κ1) is 11.1. The first-order valence-electron chi connectivity index (χ1n) is 4.08. The standard InChI is InChI=1S/C7H10O6S/c8-6-4-5(7(9)13-6)2-1-3-14(10,11)12/h5H,1-4H2,(H,10,11,12). The molecule has 1 aliphatic rings. The molecule has 80 valence electrons. The summed E-state index contributed by atoms with van der Waals surface area (Å²) in [6, 6.07) is 0. The van der Waals surface area contributed by atoms with Gasteiger partial charge in [-0.05, 0) is 12.8 Å². The third kappa shape index (κ3) is 3.43. The van der Waals surface area contributed by atoms with Gasteiger partial charge in [-0.3, -0.25) is 14.1 Å². The normalized spacial score (nSPS) is 22.5. The smallest absolute Gasteiger partial charge is 0.317 e. The largest absolute Gasteiger partial charge is 0.393 e. The Hall–Kier alpha value is -0.950. The molecule has 0 aromatic heterocycles. The number of hydrogen-bond acceptors (Lipinski definition) is 5. The SMILES string of the molecule is O=C1CC(CCCS(=O)(=O)O)C(=O)O1. The minimum Gasteiger partial charge on any atom is -0.393 e. The predicted octanol–water partition coefficient (Wildman–Crippen LogP) is -0.256. The van der Waals surface area contributed by atoms with Crippen molar-refractivity contribution in [3.05, 3.63) is 0 Å². The Bertz CT molecular complexity index is 343. The van der Waals surface area contributed by atoms with Crippen LogP contribution in [0.4, 0.5) is 0 Å². The van der Waals surface area contributed by atoms with Crippen LogP contribution in [0.3, 0.4) is 0 Å². The van der Waals surface area contributed by atoms with Crippen molar-refractivity contribution < 1.29 is 27.3 Å². The third-order valence-electron chi connectivity index (χ3n) is 1.92. The van der Waals surface area contributed by atoms with Gasteiger partial charge in [-0.2, -0.15) is 8.42 Å². The van der Waals surface area contributed by atoms with Gasteiger partial charge in [0.25, 0.3) is 10.1 Å². The molecule has 0 amide bonds. The van der Waals surface area contributed by atoms with Gasteiger partial charge in [-0.15, -0.1) is 0 Å². The topological polar surface area (TPSA) is 97.7 Å². The molecule has 1 fully saturated rings. The molecule has 0 spiro atoms. The van der Waals surface area contributed by atoms with Crippen LogP contribution in [0.15, 0.2) is 0 Å². The Kier molecular flexibility index (Phi) is 3.22. The van der Waals surface area contributed by atoms with Crippen molar-refractivity contribution in [2.75, 3.05) is 5.75 Å². The molecule has 0 aromatic rings. The molecule has 1 unspecified atom stereocenters. The summed E-state index contributed by atoms with van der Waals surface area (Å²) in [6.07, 6.45) is 0.389. The van der Waals surface area contributed by atoms with E-state index in [1.807, 2.05) is 0 Å². The second-order valence-corrected chi connectivity index (χ2v) is 4.69. The van der Waals surface area contributed by atoms with Crippen LogP contribution in [-0.2, 0) is 24.4 Å². The number of esters is 2. The third-order valence-corrected chi connectivity index (χ3v) is 2.72. The van der Waals surface area contributed by atoms with E-state index in [2.05, 4.69) is 4.74 Å². The van der Waals surface area contributed by atoms with Crippen molar-refractivity contribution in [3.8, 4) is 0 Å². The van der Waals surface area contributed by atoms with Crippen molar-refractivity contribution >= 4 is 22.1 Å². The fraction of sp³-hybridized carbons (Fsp3) is 0.714. The minimum atomic E-state index is -3.98. The molecular weight excluding hydrogens is 212 g/mol. The Morgan fingerprint density at radius 2 is 2.07 bits per heavy atom. The molecule has 1 heterocycles. The molecule has 0 radical (unpaired) electrons. The van der Waals surface area contributed by atoms with Crippen LogP contribution in [0.1, 0.15) is 19.3 Å². The maximum Gasteiger partial charge on any atom is 0.317 e. The monoisotopic (exact) mass is 222 g/mol. The van der Waals surface area contributed by atoms with E-state index in [0.29, 0.717) is 0 Å². The Morgan fingerprint density at radius 1 is 1.43 bits per heavy atom. The number of hydrogen-bond donors (Lipinski definition) is 1. The maximum atomic E-state index is 10.9. The van der Waals surface area contributed by atoms with E-state index in [-0.39, 0.29) is 19.3 Å². The first-order chi connectivity index (χ1) is 6.38. The van der Waals surface area contributed by atoms with Crippen LogP contribution in [-0.4, -0.2) is 30.7 Å². The van der Waals surface area contributed by atoms with Gasteiger partial charge in [0.2, 0.25) is 0 Å². The van der Waals surface area contributed by atoms with Gasteiger partial charge in [-0.25, -0.2) is 0 Å². The maximum absolute atomic E-state index is 10.9. The second-order valence-electron chi connectivity index (χ2n) is 3.12. The highest BCUT2D eigenvalue weighted by Gasteiger charge is 2.32. The van der Waals surface area contributed by atoms with Gasteiger partial charge in [0.05, 0.1) is 18.1 Å². The molecule has 1 saturated heterocycles. The lowest BCUT2D eigenvalue weighted by Crippen LogP contribution is -2.10. The van der Waals surface area contributed by atoms with Crippen LogP contribution in [0.2, 0.25) is 0 Å². The van der Waals surface area contributed by atoms with E-state index in [9.17, 15) is 18.0 Å². The molecule has 6 nitrogen and oxygen atoms in total. The zero-order valence-electron chi connectivity index (χ0n) is 7.30. The van der Waals surface area contributed by atoms with Gasteiger partial charge in [0.15, 0.2) is 0 Å². The highest BCUT2D eigenvalue weighted by molar-refractivity contribution is 7.85. The summed E-state index contributed by atoms with van der Waals surface area (Å²) in [6.45, 7) is 0. The Balaban J connectivity index is 2.33. The molecule has 0 saturated carbocycles. The van der Waals surface area contributed by atoms with E-state index in [1.165, 1.54) is 0 Å². The van der Waals surface area contributed by atoms with Crippen molar-refractivity contribution in [1.29, 1.82) is 0 Å². The molecule has 14 heavy (non-hydrogen) atoms. The lowest BCUT2D eigenvalue weighted by atomic mass is 10.0. The van der Waals surface area contributed by atoms with Crippen LogP contribution < -0.4 is 0 Å². The van der Waals surface area contributed by atoms with Gasteiger partial charge >= 0.3 is 11.9 Å². The summed E-state index contributed by atoms with van der Waals surface area (Å²) in [5.41, 5.74) is 0. The van der Waals surface area contributed by atoms with Crippen LogP contribution in [0.25, 0.3) is 0 Å². The number of cyclic esters (lactones) is 2. The zero-order valence-corrected chi connectivity index (χ0v) is 8.12. The average molecular weight is 222 g/mol. The van der Waals surface area contributed by atoms with E-state index < -0.39 is 33.7 Å². The minimum absolute atomic E-state index is 0.00428. The number of ether oxygens (including phenoxy) is 1. The molecule has 0 aromatic carbocycles. The highest BCUT2D eigenvalue weighted by Crippen LogP contribution is 2.20. The predicted molar refractivity (Wildman–Crippen MR) is 44.9 cm³/mol. The fourth-order valence-electron chi connectivity index (χ4n) is 1.25. The number of rotatable bonds is 4. The van der Waals surface area contributed by atoms with Gasteiger partial charge in [0.1, 0.15) is 0 Å². The summed E-state index contributed by atoms with van der Waals surface area (Å²) in [5.74, 6) is -2.13. The summed E-state index contributed by atoms with van der Waals surface area (Å²) < 4.78 is 33.3. The van der Waals surface area contributed by atoms with E-state index in [0.717, 1.165) is 0 Å². The first-order valence-corrected chi connectivity index (χ1v) is 5.69. The van der Waals surface area contributed by atoms with Crippen molar-refractivity contribution in [3.63, 3.8) is 0 Å². The lowest BCUT2D eigenvalue weighted by Gasteiger charge is -2.01. The van der Waals surface area contributed by atoms with Gasteiger partial charge in [0, 0.05) is 0 Å². The highest BCUT2D eigenvalue weighted by atomic mass is 32.2. The molecule has 1 aliphatic heterocycles. The lowest BCUT2D eigenvalue weighted by molar-refractivity contribution is -0.153. The van der Waals surface area contributed by atoms with Gasteiger partial charge < -0.3 is 4.74 Å². The molecule has 0 bridgehead atoms. The van der Waals surface area contributed by atoms with Crippen LogP contribution >= 0.6 is 0 Å². The van der Waals surface area contributed by atoms with Crippen LogP contribution in [0, 0.1) is 5.92 Å². The van der Waals surface area contributed by atoms with E-state index in [4.69, 9.17) is 4.55 Å². The second kappa shape index (κ2) is 4.05. The summed E-state index contributed by atoms with van der Waals surface area (Å²) >= 11 is 0. The summed E-state index contributed by atoms with van der Waals surface area (Å²) in [4.78, 5) is 21.5. The van der Waals surface area contributed by atoms with E-state index >= 15 is 0 Å². The Labute approximate surface area is 81.0 Å². The molecular formula is C7H10O6S. The Morgan fingerprint density at radius 3 is 2.50 bits per heavy atom. The summed E-state index contributed by atoms with van der Waals surface area (Å²) in [7, 11) is -3.98. The molecule has 0 aliphatic carbocycles. The van der Waals surface area contributed by atoms with Gasteiger partial charge in [-0.1, -0.05) is 0 Å². The number of carbonyl (C=O) groups excluding carboxylic acids is 2. The molecule has 7 heteroatoms. The summed E-state index contributed by atoms with van der Waals surface area (Å²) in [5, 5.41) is 0. The van der Waals surface area contributed by atoms with Crippen molar-refractivity contribution in [2.24, 2.45) is 5.92 Å². The van der Waals surface area contributed by atoms with Crippen LogP contribution in [0.5, 0.6) is 0 Å². The quantitative estimate of drug-likeness (QED) is 0.400. The average Bonchev–Trinajstić information content (AvgIpc) is 2.27.